The Morgan fingerprint density at radius 3 is 2.58 bits per heavy atom. The third kappa shape index (κ3) is 1.53. The van der Waals surface area contributed by atoms with Gasteiger partial charge in [-0.25, -0.2) is 0 Å². The molecule has 1 rings (SSSR count). The molecule has 0 radical (unpaired) electrons. The van der Waals surface area contributed by atoms with Crippen molar-refractivity contribution < 1.29 is 5.21 Å². The van der Waals surface area contributed by atoms with Gasteiger partial charge < -0.3 is 5.21 Å². The Hall–Kier alpha value is -1.58. The van der Waals surface area contributed by atoms with Crippen LogP contribution >= 0.6 is 0 Å². The van der Waals surface area contributed by atoms with Crippen LogP contribution in [0.15, 0.2) is 25.3 Å². The zero-order valence-corrected chi connectivity index (χ0v) is 6.77. The van der Waals surface area contributed by atoms with E-state index in [9.17, 15) is 0 Å². The lowest BCUT2D eigenvalue weighted by atomic mass is 10.2. The highest BCUT2D eigenvalue weighted by molar-refractivity contribution is 5.14. The first-order chi connectivity index (χ1) is 5.79. The van der Waals surface area contributed by atoms with Crippen molar-refractivity contribution in [1.82, 2.24) is 15.2 Å². The lowest BCUT2D eigenvalue weighted by molar-refractivity contribution is 0.135. The molecule has 0 unspecified atom stereocenters. The molecule has 0 amide bonds. The fourth-order valence-electron chi connectivity index (χ4n) is 0.955. The van der Waals surface area contributed by atoms with Crippen molar-refractivity contribution in [2.75, 3.05) is 0 Å². The normalized spacial score (nSPS) is 9.67. The highest BCUT2D eigenvalue weighted by Crippen LogP contribution is 2.06. The molecule has 0 bridgehead atoms. The summed E-state index contributed by atoms with van der Waals surface area (Å²) < 4.78 is 0. The highest BCUT2D eigenvalue weighted by atomic mass is 16.5. The van der Waals surface area contributed by atoms with Crippen molar-refractivity contribution in [1.29, 1.82) is 0 Å². The Morgan fingerprint density at radius 2 is 2.00 bits per heavy atom. The van der Waals surface area contributed by atoms with Crippen LogP contribution in [-0.4, -0.2) is 20.4 Å². The second-order valence-corrected chi connectivity index (χ2v) is 2.36. The van der Waals surface area contributed by atoms with Crippen molar-refractivity contribution in [3.05, 3.63) is 36.7 Å². The van der Waals surface area contributed by atoms with E-state index in [1.807, 2.05) is 0 Å². The minimum absolute atomic E-state index is 0.562. The van der Waals surface area contributed by atoms with Gasteiger partial charge in [-0.15, -0.1) is 18.3 Å². The van der Waals surface area contributed by atoms with Gasteiger partial charge in [-0.05, 0) is 5.21 Å². The first-order valence-electron chi connectivity index (χ1n) is 3.64. The molecule has 0 aliphatic rings. The van der Waals surface area contributed by atoms with Crippen molar-refractivity contribution in [3.63, 3.8) is 0 Å². The maximum atomic E-state index is 9.15. The number of rotatable bonds is 4. The predicted octanol–water partition coefficient (Wildman–Crippen LogP) is 0.972. The first kappa shape index (κ1) is 8.52. The summed E-state index contributed by atoms with van der Waals surface area (Å²) in [6.45, 7) is 7.15. The van der Waals surface area contributed by atoms with Crippen molar-refractivity contribution >= 4 is 0 Å². The van der Waals surface area contributed by atoms with E-state index in [0.29, 0.717) is 18.5 Å². The zero-order valence-electron chi connectivity index (χ0n) is 6.77. The highest BCUT2D eigenvalue weighted by Gasteiger charge is 2.08. The van der Waals surface area contributed by atoms with Crippen LogP contribution in [0.5, 0.6) is 0 Å². The largest absolute Gasteiger partial charge is 0.410 e. The Labute approximate surface area is 70.8 Å². The number of allylic oxidation sites excluding steroid dienone is 2. The van der Waals surface area contributed by atoms with Gasteiger partial charge in [0, 0.05) is 12.8 Å². The van der Waals surface area contributed by atoms with Crippen LogP contribution in [0.3, 0.4) is 0 Å². The van der Waals surface area contributed by atoms with E-state index in [0.717, 1.165) is 10.5 Å². The molecule has 0 aliphatic carbocycles. The molecule has 12 heavy (non-hydrogen) atoms. The maximum absolute atomic E-state index is 9.15. The van der Waals surface area contributed by atoms with Gasteiger partial charge in [0.1, 0.15) is 5.69 Å². The summed E-state index contributed by atoms with van der Waals surface area (Å²) in [5.74, 6) is 0. The fraction of sp³-hybridized carbons (Fsp3) is 0.250. The molecule has 1 aromatic heterocycles. The molecule has 4 heteroatoms. The number of aromatic nitrogens is 3. The van der Waals surface area contributed by atoms with Crippen LogP contribution < -0.4 is 0 Å². The van der Waals surface area contributed by atoms with Crippen molar-refractivity contribution in [2.45, 2.75) is 12.8 Å². The molecule has 0 aromatic carbocycles. The van der Waals surface area contributed by atoms with E-state index >= 15 is 0 Å². The second kappa shape index (κ2) is 3.71. The number of nitrogens with zero attached hydrogens (tertiary/aromatic N) is 3. The van der Waals surface area contributed by atoms with E-state index in [1.165, 1.54) is 0 Å². The van der Waals surface area contributed by atoms with Gasteiger partial charge in [0.15, 0.2) is 0 Å². The standard InChI is InChI=1S/C8H11N3O/c1-3-5-7-8(6-4-2)11(12)10-9-7/h3-4,12H,1-2,5-6H2. The van der Waals surface area contributed by atoms with E-state index in [-0.39, 0.29) is 0 Å². The van der Waals surface area contributed by atoms with Crippen LogP contribution in [0.25, 0.3) is 0 Å². The first-order valence-corrected chi connectivity index (χ1v) is 3.64. The Morgan fingerprint density at radius 1 is 1.33 bits per heavy atom. The van der Waals surface area contributed by atoms with Gasteiger partial charge >= 0.3 is 0 Å². The monoisotopic (exact) mass is 165 g/mol. The van der Waals surface area contributed by atoms with Gasteiger partial charge in [0.25, 0.3) is 0 Å². The SMILES string of the molecule is C=CCc1nnn(O)c1CC=C. The molecule has 0 atom stereocenters. The lowest BCUT2D eigenvalue weighted by Crippen LogP contribution is -2.00. The van der Waals surface area contributed by atoms with Gasteiger partial charge in [-0.1, -0.05) is 17.0 Å². The van der Waals surface area contributed by atoms with Crippen molar-refractivity contribution in [3.8, 4) is 0 Å². The lowest BCUT2D eigenvalue weighted by Gasteiger charge is -1.95. The van der Waals surface area contributed by atoms with E-state index in [4.69, 9.17) is 5.21 Å². The molecule has 0 fully saturated rings. The quantitative estimate of drug-likeness (QED) is 0.534. The average molecular weight is 165 g/mol. The Bertz CT molecular complexity index is 290. The summed E-state index contributed by atoms with van der Waals surface area (Å²) in [7, 11) is 0. The van der Waals surface area contributed by atoms with Gasteiger partial charge in [0.05, 0.1) is 5.69 Å². The van der Waals surface area contributed by atoms with Crippen molar-refractivity contribution in [2.24, 2.45) is 0 Å². The Kier molecular flexibility index (Phi) is 2.63. The Balaban J connectivity index is 2.94. The zero-order chi connectivity index (χ0) is 8.97. The molecule has 64 valence electrons. The molecule has 0 spiro atoms. The summed E-state index contributed by atoms with van der Waals surface area (Å²) in [5, 5.41) is 16.4. The molecular formula is C8H11N3O. The number of hydrogen-bond acceptors (Lipinski definition) is 3. The van der Waals surface area contributed by atoms with Crippen LogP contribution in [0.1, 0.15) is 11.4 Å². The number of hydrogen-bond donors (Lipinski definition) is 1. The molecular weight excluding hydrogens is 154 g/mol. The maximum Gasteiger partial charge on any atom is 0.107 e. The van der Waals surface area contributed by atoms with Crippen LogP contribution in [-0.2, 0) is 12.8 Å². The molecule has 1 heterocycles. The van der Waals surface area contributed by atoms with Crippen LogP contribution in [0.2, 0.25) is 0 Å². The molecule has 0 saturated heterocycles. The van der Waals surface area contributed by atoms with Gasteiger partial charge in [0.2, 0.25) is 0 Å². The molecule has 1 aromatic rings. The smallest absolute Gasteiger partial charge is 0.107 e. The summed E-state index contributed by atoms with van der Waals surface area (Å²) in [4.78, 5) is 0.778. The van der Waals surface area contributed by atoms with Crippen LogP contribution in [0, 0.1) is 0 Å². The molecule has 4 nitrogen and oxygen atoms in total. The third-order valence-electron chi connectivity index (χ3n) is 1.50. The topological polar surface area (TPSA) is 50.9 Å². The van der Waals surface area contributed by atoms with Crippen LogP contribution in [0.4, 0.5) is 0 Å². The molecule has 0 aliphatic heterocycles. The van der Waals surface area contributed by atoms with Gasteiger partial charge in [-0.2, -0.15) is 0 Å². The predicted molar refractivity (Wildman–Crippen MR) is 45.0 cm³/mol. The summed E-state index contributed by atoms with van der Waals surface area (Å²) in [6, 6.07) is 0. The summed E-state index contributed by atoms with van der Waals surface area (Å²) in [6.07, 6.45) is 4.59. The summed E-state index contributed by atoms with van der Waals surface area (Å²) in [5.41, 5.74) is 1.41. The second-order valence-electron chi connectivity index (χ2n) is 2.36. The van der Waals surface area contributed by atoms with E-state index < -0.39 is 0 Å². The minimum atomic E-state index is 0.562. The molecule has 1 N–H and O–H groups in total. The molecule has 0 saturated carbocycles. The van der Waals surface area contributed by atoms with E-state index in [2.05, 4.69) is 23.5 Å². The van der Waals surface area contributed by atoms with Gasteiger partial charge in [-0.3, -0.25) is 0 Å². The van der Waals surface area contributed by atoms with E-state index in [1.54, 1.807) is 12.2 Å². The fourth-order valence-corrected chi connectivity index (χ4v) is 0.955. The summed E-state index contributed by atoms with van der Waals surface area (Å²) >= 11 is 0. The third-order valence-corrected chi connectivity index (χ3v) is 1.50. The minimum Gasteiger partial charge on any atom is -0.410 e. The average Bonchev–Trinajstić information content (AvgIpc) is 2.37.